The average Bonchev–Trinajstić information content (AvgIpc) is 3.66. The molecule has 8 nitrogen and oxygen atoms in total. The van der Waals surface area contributed by atoms with E-state index in [1.165, 1.54) is 46.9 Å². The Balaban J connectivity index is 1.34. The van der Waals surface area contributed by atoms with Crippen LogP contribution in [0.15, 0.2) is 83.6 Å². The van der Waals surface area contributed by atoms with Gasteiger partial charge in [-0.1, -0.05) is 59.7 Å². The highest BCUT2D eigenvalue weighted by Crippen LogP contribution is 2.38. The minimum Gasteiger partial charge on any atom is -0.462 e. The first-order valence-corrected chi connectivity index (χ1v) is 16.4. The number of nitrogens with one attached hydrogen (secondary N) is 2. The Labute approximate surface area is 275 Å². The zero-order valence-corrected chi connectivity index (χ0v) is 27.4. The molecule has 0 unspecified atom stereocenters. The number of aryl methyl sites for hydroxylation is 2. The zero-order chi connectivity index (χ0) is 32.8. The van der Waals surface area contributed by atoms with Gasteiger partial charge in [-0.2, -0.15) is 0 Å². The number of benzene rings is 3. The van der Waals surface area contributed by atoms with Crippen molar-refractivity contribution in [2.45, 2.75) is 27.7 Å². The Morgan fingerprint density at radius 1 is 0.565 bits per heavy atom. The minimum atomic E-state index is -0.525. The van der Waals surface area contributed by atoms with E-state index in [0.29, 0.717) is 43.4 Å². The van der Waals surface area contributed by atoms with Crippen molar-refractivity contribution in [3.8, 4) is 22.3 Å². The van der Waals surface area contributed by atoms with E-state index in [-0.39, 0.29) is 13.2 Å². The predicted molar refractivity (Wildman–Crippen MR) is 183 cm³/mol. The molecule has 2 N–H and O–H groups in total. The molecule has 2 amide bonds. The van der Waals surface area contributed by atoms with Crippen molar-refractivity contribution in [3.05, 3.63) is 117 Å². The average molecular weight is 653 g/mol. The first-order chi connectivity index (χ1) is 22.2. The van der Waals surface area contributed by atoms with Crippen molar-refractivity contribution in [1.29, 1.82) is 0 Å². The maximum absolute atomic E-state index is 13.2. The minimum absolute atomic E-state index is 0.193. The van der Waals surface area contributed by atoms with Crippen LogP contribution >= 0.6 is 22.7 Å². The molecule has 2 aromatic heterocycles. The van der Waals surface area contributed by atoms with Crippen LogP contribution < -0.4 is 10.6 Å². The van der Waals surface area contributed by atoms with Crippen LogP contribution in [0.1, 0.15) is 66.4 Å². The number of thiophene rings is 2. The lowest BCUT2D eigenvalue weighted by Gasteiger charge is -2.10. The molecule has 0 atom stereocenters. The fourth-order valence-corrected chi connectivity index (χ4v) is 6.63. The van der Waals surface area contributed by atoms with E-state index in [2.05, 4.69) is 10.6 Å². The summed E-state index contributed by atoms with van der Waals surface area (Å²) in [4.78, 5) is 52.4. The summed E-state index contributed by atoms with van der Waals surface area (Å²) < 4.78 is 10.6. The SMILES string of the molecule is CCOC(=O)c1c(-c2ccc(C)cc2)csc1NC(=O)c1ccc(C(=O)Nc2scc(-c3ccc(C)cc3)c2C(=O)OCC)cc1. The Hall–Kier alpha value is -5.06. The van der Waals surface area contributed by atoms with Gasteiger partial charge >= 0.3 is 11.9 Å². The van der Waals surface area contributed by atoms with Crippen molar-refractivity contribution in [2.75, 3.05) is 23.8 Å². The third-order valence-electron chi connectivity index (χ3n) is 7.13. The first kappa shape index (κ1) is 32.3. The molecule has 0 aliphatic heterocycles. The summed E-state index contributed by atoms with van der Waals surface area (Å²) in [6, 6.07) is 21.6. The lowest BCUT2D eigenvalue weighted by atomic mass is 10.0. The van der Waals surface area contributed by atoms with Gasteiger partial charge in [0.25, 0.3) is 11.8 Å². The number of hydrogen-bond donors (Lipinski definition) is 2. The van der Waals surface area contributed by atoms with Gasteiger partial charge in [0.15, 0.2) is 0 Å². The smallest absolute Gasteiger partial charge is 0.341 e. The molecular formula is C36H32N2O6S2. The summed E-state index contributed by atoms with van der Waals surface area (Å²) in [6.07, 6.45) is 0. The summed E-state index contributed by atoms with van der Waals surface area (Å²) in [6.45, 7) is 7.80. The Kier molecular flexibility index (Phi) is 10.1. The lowest BCUT2D eigenvalue weighted by molar-refractivity contribution is 0.0519. The molecule has 5 rings (SSSR count). The number of carbonyl (C=O) groups excluding carboxylic acids is 4. The normalized spacial score (nSPS) is 10.7. The second-order valence-electron chi connectivity index (χ2n) is 10.4. The maximum atomic E-state index is 13.2. The van der Waals surface area contributed by atoms with E-state index in [1.54, 1.807) is 13.8 Å². The van der Waals surface area contributed by atoms with Gasteiger partial charge in [-0.3, -0.25) is 9.59 Å². The van der Waals surface area contributed by atoms with Crippen LogP contribution in [-0.4, -0.2) is 37.0 Å². The Bertz CT molecular complexity index is 1750. The molecule has 46 heavy (non-hydrogen) atoms. The van der Waals surface area contributed by atoms with Gasteiger partial charge in [-0.15, -0.1) is 22.7 Å². The number of carbonyl (C=O) groups is 4. The molecule has 234 valence electrons. The van der Waals surface area contributed by atoms with Crippen molar-refractivity contribution >= 4 is 56.4 Å². The molecule has 0 fully saturated rings. The monoisotopic (exact) mass is 652 g/mol. The van der Waals surface area contributed by atoms with E-state index in [1.807, 2.05) is 73.1 Å². The molecule has 0 aliphatic rings. The van der Waals surface area contributed by atoms with Crippen LogP contribution in [0.2, 0.25) is 0 Å². The fraction of sp³-hybridized carbons (Fsp3) is 0.167. The van der Waals surface area contributed by atoms with Crippen LogP contribution in [0.5, 0.6) is 0 Å². The molecule has 0 saturated heterocycles. The molecular weight excluding hydrogens is 621 g/mol. The van der Waals surface area contributed by atoms with E-state index >= 15 is 0 Å². The highest BCUT2D eigenvalue weighted by Gasteiger charge is 2.25. The quantitative estimate of drug-likeness (QED) is 0.146. The van der Waals surface area contributed by atoms with Crippen LogP contribution in [0, 0.1) is 13.8 Å². The van der Waals surface area contributed by atoms with Crippen molar-refractivity contribution in [2.24, 2.45) is 0 Å². The van der Waals surface area contributed by atoms with Crippen LogP contribution in [0.4, 0.5) is 10.0 Å². The molecule has 10 heteroatoms. The Morgan fingerprint density at radius 3 is 1.24 bits per heavy atom. The third-order valence-corrected chi connectivity index (χ3v) is 8.92. The molecule has 5 aromatic rings. The van der Waals surface area contributed by atoms with Gasteiger partial charge in [0, 0.05) is 33.0 Å². The second kappa shape index (κ2) is 14.4. The lowest BCUT2D eigenvalue weighted by Crippen LogP contribution is -2.16. The summed E-state index contributed by atoms with van der Waals surface area (Å²) >= 11 is 2.47. The zero-order valence-electron chi connectivity index (χ0n) is 25.8. The summed E-state index contributed by atoms with van der Waals surface area (Å²) in [5, 5.41) is 10.1. The number of amides is 2. The van der Waals surface area contributed by atoms with E-state index in [0.717, 1.165) is 22.3 Å². The number of hydrogen-bond acceptors (Lipinski definition) is 8. The summed E-state index contributed by atoms with van der Waals surface area (Å²) in [7, 11) is 0. The van der Waals surface area contributed by atoms with Gasteiger partial charge in [-0.25, -0.2) is 9.59 Å². The second-order valence-corrected chi connectivity index (χ2v) is 12.1. The maximum Gasteiger partial charge on any atom is 0.341 e. The van der Waals surface area contributed by atoms with Gasteiger partial charge in [0.2, 0.25) is 0 Å². The van der Waals surface area contributed by atoms with Gasteiger partial charge in [0.1, 0.15) is 21.1 Å². The Morgan fingerprint density at radius 2 is 0.913 bits per heavy atom. The predicted octanol–water partition coefficient (Wildman–Crippen LogP) is 8.62. The summed E-state index contributed by atoms with van der Waals surface area (Å²) in [5.41, 5.74) is 6.36. The molecule has 0 bridgehead atoms. The summed E-state index contributed by atoms with van der Waals surface area (Å²) in [5.74, 6) is -1.94. The molecule has 0 aliphatic carbocycles. The van der Waals surface area contributed by atoms with E-state index in [9.17, 15) is 19.2 Å². The van der Waals surface area contributed by atoms with Crippen LogP contribution in [0.3, 0.4) is 0 Å². The largest absolute Gasteiger partial charge is 0.462 e. The standard InChI is InChI=1S/C36H32N2O6S2/c1-5-43-35(41)29-27(23-11-7-21(3)8-12-23)19-45-33(29)37-31(39)25-15-17-26(18-16-25)32(40)38-34-30(36(42)44-6-2)28(20-46-34)24-13-9-22(4)10-14-24/h7-20H,5-6H2,1-4H3,(H,37,39)(H,38,40). The topological polar surface area (TPSA) is 111 Å². The number of anilines is 2. The molecule has 3 aromatic carbocycles. The third kappa shape index (κ3) is 7.09. The van der Waals surface area contributed by atoms with Crippen LogP contribution in [0.25, 0.3) is 22.3 Å². The van der Waals surface area contributed by atoms with Gasteiger partial charge in [0.05, 0.1) is 13.2 Å². The molecule has 0 saturated carbocycles. The van der Waals surface area contributed by atoms with Crippen molar-refractivity contribution < 1.29 is 28.7 Å². The number of rotatable bonds is 10. The van der Waals surface area contributed by atoms with E-state index in [4.69, 9.17) is 9.47 Å². The van der Waals surface area contributed by atoms with Crippen molar-refractivity contribution in [1.82, 2.24) is 0 Å². The van der Waals surface area contributed by atoms with Crippen LogP contribution in [-0.2, 0) is 9.47 Å². The molecule has 0 radical (unpaired) electrons. The molecule has 2 heterocycles. The number of ether oxygens (including phenoxy) is 2. The number of esters is 2. The molecule has 0 spiro atoms. The van der Waals surface area contributed by atoms with E-state index < -0.39 is 23.8 Å². The van der Waals surface area contributed by atoms with Gasteiger partial charge < -0.3 is 20.1 Å². The van der Waals surface area contributed by atoms with Crippen molar-refractivity contribution in [3.63, 3.8) is 0 Å². The highest BCUT2D eigenvalue weighted by molar-refractivity contribution is 7.15. The first-order valence-electron chi connectivity index (χ1n) is 14.6. The highest BCUT2D eigenvalue weighted by atomic mass is 32.1. The fourth-order valence-electron chi connectivity index (χ4n) is 4.73. The van der Waals surface area contributed by atoms with Gasteiger partial charge in [-0.05, 0) is 63.1 Å².